The van der Waals surface area contributed by atoms with Crippen LogP contribution in [-0.2, 0) is 0 Å². The fourth-order valence-electron chi connectivity index (χ4n) is 0.567. The molecule has 0 spiro atoms. The van der Waals surface area contributed by atoms with Crippen molar-refractivity contribution in [1.29, 1.82) is 0 Å². The van der Waals surface area contributed by atoms with Gasteiger partial charge in [-0.05, 0) is 25.3 Å². The molecule has 0 atom stereocenters. The van der Waals surface area contributed by atoms with Gasteiger partial charge in [0.25, 0.3) is 0 Å². The lowest BCUT2D eigenvalue weighted by atomic mass is 10.4. The summed E-state index contributed by atoms with van der Waals surface area (Å²) < 4.78 is 37.9. The molecule has 0 aliphatic rings. The van der Waals surface area contributed by atoms with E-state index in [9.17, 15) is 13.2 Å². The standard InChI is InChI=1S/C9H9F3IN/c1-3-5-7(14)6-8(13-4-2)9(10,11)12/h4,6H,1,14H2,2H3/b8-6-. The van der Waals surface area contributed by atoms with Gasteiger partial charge in [0.15, 0.2) is 0 Å². The maximum atomic E-state index is 12.3. The van der Waals surface area contributed by atoms with E-state index in [-0.39, 0.29) is 5.70 Å². The van der Waals surface area contributed by atoms with Gasteiger partial charge >= 0.3 is 6.18 Å². The van der Waals surface area contributed by atoms with Gasteiger partial charge in [0.1, 0.15) is 0 Å². The molecule has 0 aromatic rings. The van der Waals surface area contributed by atoms with Gasteiger partial charge in [0, 0.05) is 0 Å². The lowest BCUT2D eigenvalue weighted by Gasteiger charge is -2.05. The van der Waals surface area contributed by atoms with E-state index >= 15 is 0 Å². The van der Waals surface area contributed by atoms with Crippen molar-refractivity contribution in [2.75, 3.05) is 0 Å². The van der Waals surface area contributed by atoms with E-state index in [1.54, 1.807) is 6.92 Å². The quantitative estimate of drug-likeness (QED) is 0.473. The van der Waals surface area contributed by atoms with Crippen LogP contribution in [0, 0.1) is 0 Å². The minimum Gasteiger partial charge on any atom is -0.392 e. The van der Waals surface area contributed by atoms with Crippen molar-refractivity contribution in [3.8, 4) is 0 Å². The largest absolute Gasteiger partial charge is 0.421 e. The molecule has 0 aromatic carbocycles. The third-order valence-electron chi connectivity index (χ3n) is 1.01. The van der Waals surface area contributed by atoms with E-state index in [0.717, 1.165) is 6.08 Å². The topological polar surface area (TPSA) is 26.0 Å². The van der Waals surface area contributed by atoms with Crippen LogP contribution in [0.25, 0.3) is 0 Å². The lowest BCUT2D eigenvalue weighted by Crippen LogP contribution is -2.08. The highest BCUT2D eigenvalue weighted by atomic mass is 127. The summed E-state index contributed by atoms with van der Waals surface area (Å²) in [4.78, 5) is 0. The molecule has 0 radical (unpaired) electrons. The number of alkyl halides is 3. The van der Waals surface area contributed by atoms with Crippen LogP contribution < -0.4 is 5.73 Å². The first-order valence-corrected chi connectivity index (χ1v) is 5.85. The first-order chi connectivity index (χ1) is 6.41. The fourth-order valence-corrected chi connectivity index (χ4v) is 2.11. The number of halogens is 4. The van der Waals surface area contributed by atoms with Gasteiger partial charge in [0.2, 0.25) is 0 Å². The second-order valence-corrected chi connectivity index (χ2v) is 5.11. The van der Waals surface area contributed by atoms with Crippen molar-refractivity contribution in [3.63, 3.8) is 0 Å². The molecular formula is C9H9F3IN. The highest BCUT2D eigenvalue weighted by Gasteiger charge is 2.32. The monoisotopic (exact) mass is 315 g/mol. The molecular weight excluding hydrogens is 306 g/mol. The molecule has 0 fully saturated rings. The van der Waals surface area contributed by atoms with Gasteiger partial charge in [-0.15, -0.1) is 0 Å². The van der Waals surface area contributed by atoms with Crippen LogP contribution in [0.5, 0.6) is 0 Å². The SMILES string of the molecule is C=C=C=C(N)/C=C(\I=CC)C(F)(F)F. The van der Waals surface area contributed by atoms with Crippen molar-refractivity contribution in [3.05, 3.63) is 33.4 Å². The summed E-state index contributed by atoms with van der Waals surface area (Å²) in [7, 11) is 0. The van der Waals surface area contributed by atoms with Crippen molar-refractivity contribution in [1.82, 2.24) is 0 Å². The molecule has 0 saturated heterocycles. The Balaban J connectivity index is 5.23. The number of hydrogen-bond acceptors (Lipinski definition) is 1. The summed E-state index contributed by atoms with van der Waals surface area (Å²) in [6.07, 6.45) is -3.43. The molecule has 0 bridgehead atoms. The summed E-state index contributed by atoms with van der Waals surface area (Å²) in [5, 5.41) is 0. The predicted molar refractivity (Wildman–Crippen MR) is 60.2 cm³/mol. The van der Waals surface area contributed by atoms with Crippen molar-refractivity contribution < 1.29 is 13.2 Å². The van der Waals surface area contributed by atoms with Gasteiger partial charge in [-0.25, -0.2) is 0 Å². The third kappa shape index (κ3) is 5.07. The van der Waals surface area contributed by atoms with Crippen LogP contribution in [0.15, 0.2) is 33.4 Å². The number of nitrogens with two attached hydrogens (primary N) is 1. The zero-order valence-corrected chi connectivity index (χ0v) is 9.61. The molecule has 0 amide bonds. The molecule has 0 rings (SSSR count). The maximum Gasteiger partial charge on any atom is 0.421 e. The summed E-state index contributed by atoms with van der Waals surface area (Å²) in [5.41, 5.74) is 9.60. The molecule has 14 heavy (non-hydrogen) atoms. The Bertz CT molecular complexity index is 340. The zero-order valence-electron chi connectivity index (χ0n) is 7.45. The molecule has 1 nitrogen and oxygen atoms in total. The lowest BCUT2D eigenvalue weighted by molar-refractivity contribution is -0.0818. The van der Waals surface area contributed by atoms with Crippen molar-refractivity contribution in [2.24, 2.45) is 5.73 Å². The predicted octanol–water partition coefficient (Wildman–Crippen LogP) is 3.01. The summed E-state index contributed by atoms with van der Waals surface area (Å²) in [5.74, 6) is 0. The van der Waals surface area contributed by atoms with Gasteiger partial charge in [-0.1, -0.05) is 30.5 Å². The molecule has 2 N–H and O–H groups in total. The van der Waals surface area contributed by atoms with Crippen LogP contribution >= 0.6 is 20.7 Å². The highest BCUT2D eigenvalue weighted by Crippen LogP contribution is 2.34. The average molecular weight is 315 g/mol. The van der Waals surface area contributed by atoms with E-state index in [2.05, 4.69) is 18.0 Å². The van der Waals surface area contributed by atoms with Crippen molar-refractivity contribution >= 4 is 24.7 Å². The Morgan fingerprint density at radius 2 is 2.07 bits per heavy atom. The highest BCUT2D eigenvalue weighted by molar-refractivity contribution is 14.2. The normalized spacial score (nSPS) is 13.0. The van der Waals surface area contributed by atoms with E-state index in [1.807, 2.05) is 0 Å². The Morgan fingerprint density at radius 3 is 2.43 bits per heavy atom. The third-order valence-corrected chi connectivity index (χ3v) is 3.23. The van der Waals surface area contributed by atoms with Crippen LogP contribution in [0.4, 0.5) is 13.2 Å². The minimum absolute atomic E-state index is 0.103. The smallest absolute Gasteiger partial charge is 0.392 e. The average Bonchev–Trinajstić information content (AvgIpc) is 2.02. The zero-order chi connectivity index (χ0) is 11.2. The Labute approximate surface area is 90.2 Å². The van der Waals surface area contributed by atoms with Gasteiger partial charge in [-0.3, -0.25) is 0 Å². The van der Waals surface area contributed by atoms with Crippen LogP contribution in [0.3, 0.4) is 0 Å². The molecule has 0 heterocycles. The van der Waals surface area contributed by atoms with Gasteiger partial charge < -0.3 is 5.73 Å². The van der Waals surface area contributed by atoms with E-state index < -0.39 is 30.5 Å². The maximum absolute atomic E-state index is 12.3. The molecule has 0 aliphatic heterocycles. The Morgan fingerprint density at radius 1 is 1.50 bits per heavy atom. The van der Waals surface area contributed by atoms with Crippen LogP contribution in [0.2, 0.25) is 0 Å². The van der Waals surface area contributed by atoms with Gasteiger partial charge in [0.05, 0.1) is 9.28 Å². The van der Waals surface area contributed by atoms with Gasteiger partial charge in [-0.2, -0.15) is 13.2 Å². The van der Waals surface area contributed by atoms with E-state index in [4.69, 9.17) is 5.73 Å². The second-order valence-electron chi connectivity index (χ2n) is 2.07. The van der Waals surface area contributed by atoms with Crippen LogP contribution in [0.1, 0.15) is 6.92 Å². The molecule has 0 aromatic heterocycles. The minimum atomic E-state index is -4.31. The van der Waals surface area contributed by atoms with E-state index in [0.29, 0.717) is 0 Å². The van der Waals surface area contributed by atoms with E-state index in [1.165, 1.54) is 4.01 Å². The molecule has 0 unspecified atom stereocenters. The Kier molecular flexibility index (Phi) is 5.53. The fraction of sp³-hybridized carbons (Fsp3) is 0.222. The van der Waals surface area contributed by atoms with Crippen LogP contribution in [-0.4, -0.2) is 10.2 Å². The first kappa shape index (κ1) is 13.2. The Hall–Kier alpha value is -0.770. The number of rotatable bonds is 2. The number of allylic oxidation sites excluding steroid dienone is 2. The first-order valence-electron chi connectivity index (χ1n) is 3.52. The number of hydrogen-bond donors (Lipinski definition) is 1. The summed E-state index contributed by atoms with van der Waals surface area (Å²) in [6, 6.07) is 0. The molecule has 78 valence electrons. The summed E-state index contributed by atoms with van der Waals surface area (Å²) in [6.45, 7) is 4.76. The van der Waals surface area contributed by atoms with Crippen molar-refractivity contribution in [2.45, 2.75) is 13.1 Å². The molecule has 5 heteroatoms. The molecule has 0 aliphatic carbocycles. The second kappa shape index (κ2) is 5.86. The molecule has 0 saturated carbocycles. The summed E-state index contributed by atoms with van der Waals surface area (Å²) >= 11 is -1.15.